The quantitative estimate of drug-likeness (QED) is 0.824. The van der Waals surface area contributed by atoms with E-state index in [4.69, 9.17) is 14.7 Å². The number of nitriles is 1. The summed E-state index contributed by atoms with van der Waals surface area (Å²) in [6.07, 6.45) is 3.28. The standard InChI is InChI=1S/C20H28N4O3/c1-2-10-27-18-13-15(20(25)24-8-11-26-12-9-24)6-7-17(18)23-19-5-3-4-16(14-21)22-19/h3-5,15,17-18H,2,6-13H2,1H3,(H,22,23)/t15-,17+,18+/m0/s1. The molecule has 7 heteroatoms. The van der Waals surface area contributed by atoms with Crippen LogP contribution in [0.4, 0.5) is 5.82 Å². The van der Waals surface area contributed by atoms with Gasteiger partial charge in [-0.2, -0.15) is 5.26 Å². The molecule has 3 atom stereocenters. The third-order valence-electron chi connectivity index (χ3n) is 5.20. The van der Waals surface area contributed by atoms with Crippen LogP contribution in [-0.2, 0) is 14.3 Å². The average Bonchev–Trinajstić information content (AvgIpc) is 2.73. The van der Waals surface area contributed by atoms with E-state index >= 15 is 0 Å². The minimum absolute atomic E-state index is 0.00130. The Bertz CT molecular complexity index is 669. The predicted molar refractivity (Wildman–Crippen MR) is 101 cm³/mol. The summed E-state index contributed by atoms with van der Waals surface area (Å²) in [6.45, 7) is 5.37. The van der Waals surface area contributed by atoms with Crippen LogP contribution in [-0.4, -0.2) is 60.8 Å². The number of hydrogen-bond acceptors (Lipinski definition) is 6. The smallest absolute Gasteiger partial charge is 0.225 e. The van der Waals surface area contributed by atoms with Gasteiger partial charge in [0.05, 0.1) is 25.4 Å². The van der Waals surface area contributed by atoms with Gasteiger partial charge in [-0.1, -0.05) is 13.0 Å². The van der Waals surface area contributed by atoms with Gasteiger partial charge in [0.1, 0.15) is 17.6 Å². The number of rotatable bonds is 6. The van der Waals surface area contributed by atoms with Crippen LogP contribution >= 0.6 is 0 Å². The highest BCUT2D eigenvalue weighted by Gasteiger charge is 2.36. The van der Waals surface area contributed by atoms with Crippen LogP contribution in [0.2, 0.25) is 0 Å². The molecule has 1 aliphatic carbocycles. The van der Waals surface area contributed by atoms with Crippen molar-refractivity contribution in [2.24, 2.45) is 5.92 Å². The first-order valence-corrected chi connectivity index (χ1v) is 9.83. The number of ether oxygens (including phenoxy) is 2. The normalized spacial score (nSPS) is 25.6. The second-order valence-corrected chi connectivity index (χ2v) is 7.13. The number of nitrogens with one attached hydrogen (secondary N) is 1. The Labute approximate surface area is 160 Å². The summed E-state index contributed by atoms with van der Waals surface area (Å²) >= 11 is 0. The molecule has 0 aromatic carbocycles. The molecule has 0 radical (unpaired) electrons. The summed E-state index contributed by atoms with van der Waals surface area (Å²) in [7, 11) is 0. The van der Waals surface area contributed by atoms with E-state index in [9.17, 15) is 4.79 Å². The molecule has 1 N–H and O–H groups in total. The molecular formula is C20H28N4O3. The summed E-state index contributed by atoms with van der Waals surface area (Å²) in [5.41, 5.74) is 0.391. The van der Waals surface area contributed by atoms with Gasteiger partial charge in [0.25, 0.3) is 0 Å². The number of morpholine rings is 1. The molecular weight excluding hydrogens is 344 g/mol. The van der Waals surface area contributed by atoms with E-state index in [-0.39, 0.29) is 24.0 Å². The molecule has 1 aliphatic heterocycles. The molecule has 2 heterocycles. The van der Waals surface area contributed by atoms with Gasteiger partial charge >= 0.3 is 0 Å². The van der Waals surface area contributed by atoms with Crippen molar-refractivity contribution < 1.29 is 14.3 Å². The Morgan fingerprint density at radius 2 is 2.22 bits per heavy atom. The number of aromatic nitrogens is 1. The zero-order valence-corrected chi connectivity index (χ0v) is 15.9. The Hall–Kier alpha value is -2.17. The van der Waals surface area contributed by atoms with Crippen LogP contribution in [0.1, 0.15) is 38.3 Å². The topological polar surface area (TPSA) is 87.5 Å². The fraction of sp³-hybridized carbons (Fsp3) is 0.650. The number of amides is 1. The van der Waals surface area contributed by atoms with Crippen LogP contribution in [0, 0.1) is 17.2 Å². The van der Waals surface area contributed by atoms with Crippen molar-refractivity contribution in [2.45, 2.75) is 44.8 Å². The molecule has 0 unspecified atom stereocenters. The second-order valence-electron chi connectivity index (χ2n) is 7.13. The Balaban J connectivity index is 1.65. The van der Waals surface area contributed by atoms with E-state index in [0.29, 0.717) is 50.8 Å². The lowest BCUT2D eigenvalue weighted by atomic mass is 9.82. The van der Waals surface area contributed by atoms with Crippen LogP contribution in [0.3, 0.4) is 0 Å². The largest absolute Gasteiger partial charge is 0.378 e. The van der Waals surface area contributed by atoms with Crippen molar-refractivity contribution in [2.75, 3.05) is 38.2 Å². The van der Waals surface area contributed by atoms with E-state index in [2.05, 4.69) is 23.3 Å². The lowest BCUT2D eigenvalue weighted by molar-refractivity contribution is -0.142. The molecule has 1 saturated carbocycles. The zero-order valence-electron chi connectivity index (χ0n) is 15.9. The summed E-state index contributed by atoms with van der Waals surface area (Å²) in [5.74, 6) is 0.912. The molecule has 2 fully saturated rings. The van der Waals surface area contributed by atoms with Crippen molar-refractivity contribution in [3.8, 4) is 6.07 Å². The third-order valence-corrected chi connectivity index (χ3v) is 5.20. The highest BCUT2D eigenvalue weighted by atomic mass is 16.5. The van der Waals surface area contributed by atoms with E-state index < -0.39 is 0 Å². The lowest BCUT2D eigenvalue weighted by Gasteiger charge is -2.38. The third kappa shape index (κ3) is 5.18. The van der Waals surface area contributed by atoms with Crippen molar-refractivity contribution in [1.29, 1.82) is 5.26 Å². The van der Waals surface area contributed by atoms with Gasteiger partial charge in [-0.05, 0) is 37.8 Å². The molecule has 0 bridgehead atoms. The first-order valence-electron chi connectivity index (χ1n) is 9.83. The summed E-state index contributed by atoms with van der Waals surface area (Å²) < 4.78 is 11.4. The maximum atomic E-state index is 12.9. The fourth-order valence-electron chi connectivity index (χ4n) is 3.78. The van der Waals surface area contributed by atoms with Gasteiger partial charge in [-0.15, -0.1) is 0 Å². The minimum atomic E-state index is -0.0405. The molecule has 3 rings (SSSR count). The number of carbonyl (C=O) groups excluding carboxylic acids is 1. The monoisotopic (exact) mass is 372 g/mol. The molecule has 1 aromatic rings. The van der Waals surface area contributed by atoms with E-state index in [1.165, 1.54) is 0 Å². The van der Waals surface area contributed by atoms with Crippen LogP contribution in [0.15, 0.2) is 18.2 Å². The van der Waals surface area contributed by atoms with Gasteiger partial charge in [0.15, 0.2) is 0 Å². The Kier molecular flexibility index (Phi) is 7.02. The molecule has 0 spiro atoms. The first kappa shape index (κ1) is 19.6. The predicted octanol–water partition coefficient (Wildman–Crippen LogP) is 2.19. The fourth-order valence-corrected chi connectivity index (χ4v) is 3.78. The van der Waals surface area contributed by atoms with Crippen LogP contribution in [0.25, 0.3) is 0 Å². The Morgan fingerprint density at radius 1 is 1.41 bits per heavy atom. The average molecular weight is 372 g/mol. The highest BCUT2D eigenvalue weighted by Crippen LogP contribution is 2.30. The maximum absolute atomic E-state index is 12.9. The number of hydrogen-bond donors (Lipinski definition) is 1. The van der Waals surface area contributed by atoms with Gasteiger partial charge < -0.3 is 19.7 Å². The van der Waals surface area contributed by atoms with E-state index in [1.807, 2.05) is 17.0 Å². The van der Waals surface area contributed by atoms with E-state index in [1.54, 1.807) is 6.07 Å². The Morgan fingerprint density at radius 3 is 2.96 bits per heavy atom. The number of pyridine rings is 1. The first-order chi connectivity index (χ1) is 13.2. The molecule has 1 saturated heterocycles. The number of anilines is 1. The summed E-state index contributed by atoms with van der Waals surface area (Å²) in [4.78, 5) is 19.1. The molecule has 1 amide bonds. The van der Waals surface area contributed by atoms with Crippen molar-refractivity contribution >= 4 is 11.7 Å². The zero-order chi connectivity index (χ0) is 19.1. The maximum Gasteiger partial charge on any atom is 0.225 e. The van der Waals surface area contributed by atoms with Gasteiger partial charge in [-0.25, -0.2) is 4.98 Å². The van der Waals surface area contributed by atoms with Crippen LogP contribution in [0.5, 0.6) is 0 Å². The molecule has 27 heavy (non-hydrogen) atoms. The number of carbonyl (C=O) groups is 1. The van der Waals surface area contributed by atoms with Crippen molar-refractivity contribution in [1.82, 2.24) is 9.88 Å². The van der Waals surface area contributed by atoms with Crippen LogP contribution < -0.4 is 5.32 Å². The van der Waals surface area contributed by atoms with Crippen molar-refractivity contribution in [3.05, 3.63) is 23.9 Å². The van der Waals surface area contributed by atoms with Gasteiger partial charge in [-0.3, -0.25) is 4.79 Å². The van der Waals surface area contributed by atoms with Crippen molar-refractivity contribution in [3.63, 3.8) is 0 Å². The van der Waals surface area contributed by atoms with Gasteiger partial charge in [0, 0.05) is 25.6 Å². The summed E-state index contributed by atoms with van der Waals surface area (Å²) in [5, 5.41) is 12.5. The number of nitrogens with zero attached hydrogens (tertiary/aromatic N) is 3. The highest BCUT2D eigenvalue weighted by molar-refractivity contribution is 5.79. The molecule has 7 nitrogen and oxygen atoms in total. The minimum Gasteiger partial charge on any atom is -0.378 e. The molecule has 1 aromatic heterocycles. The summed E-state index contributed by atoms with van der Waals surface area (Å²) in [6, 6.07) is 7.53. The lowest BCUT2D eigenvalue weighted by Crippen LogP contribution is -2.48. The second kappa shape index (κ2) is 9.67. The van der Waals surface area contributed by atoms with Gasteiger partial charge in [0.2, 0.25) is 5.91 Å². The molecule has 2 aliphatic rings. The SMILES string of the molecule is CCCO[C@@H]1C[C@@H](C(=O)N2CCOCC2)CC[C@H]1Nc1cccc(C#N)n1. The van der Waals surface area contributed by atoms with E-state index in [0.717, 1.165) is 19.3 Å². The molecule has 146 valence electrons.